The first-order chi connectivity index (χ1) is 10.1. The second-order valence-corrected chi connectivity index (χ2v) is 6.21. The highest BCUT2D eigenvalue weighted by Gasteiger charge is 2.15. The van der Waals surface area contributed by atoms with E-state index in [-0.39, 0.29) is 28.7 Å². The molecule has 0 unspecified atom stereocenters. The highest BCUT2D eigenvalue weighted by Crippen LogP contribution is 2.26. The van der Waals surface area contributed by atoms with Crippen LogP contribution in [-0.4, -0.2) is 18.5 Å². The summed E-state index contributed by atoms with van der Waals surface area (Å²) in [6.07, 6.45) is 6.71. The van der Waals surface area contributed by atoms with Gasteiger partial charge < -0.3 is 10.6 Å². The summed E-state index contributed by atoms with van der Waals surface area (Å²) in [4.78, 5) is 11.9. The van der Waals surface area contributed by atoms with E-state index in [0.29, 0.717) is 0 Å². The van der Waals surface area contributed by atoms with Gasteiger partial charge in [-0.05, 0) is 34.8 Å². The second-order valence-electron chi connectivity index (χ2n) is 5.35. The van der Waals surface area contributed by atoms with Crippen LogP contribution in [0.3, 0.4) is 0 Å². The molecule has 3 nitrogen and oxygen atoms in total. The third kappa shape index (κ3) is 4.95. The van der Waals surface area contributed by atoms with Crippen LogP contribution < -0.4 is 10.6 Å². The van der Waals surface area contributed by atoms with E-state index >= 15 is 0 Å². The minimum Gasteiger partial charge on any atom is -0.373 e. The Hall–Kier alpha value is -1.17. The third-order valence-corrected chi connectivity index (χ3v) is 4.28. The molecule has 6 heteroatoms. The van der Waals surface area contributed by atoms with Gasteiger partial charge in [-0.2, -0.15) is 0 Å². The zero-order chi connectivity index (χ0) is 15.2. The van der Waals surface area contributed by atoms with Gasteiger partial charge in [-0.15, -0.1) is 0 Å². The van der Waals surface area contributed by atoms with Gasteiger partial charge in [0.25, 0.3) is 0 Å². The van der Waals surface area contributed by atoms with Crippen molar-refractivity contribution in [2.24, 2.45) is 0 Å². The van der Waals surface area contributed by atoms with Crippen molar-refractivity contribution >= 4 is 27.5 Å². The van der Waals surface area contributed by atoms with Gasteiger partial charge in [-0.25, -0.2) is 8.78 Å². The largest absolute Gasteiger partial charge is 0.373 e. The Morgan fingerprint density at radius 3 is 2.48 bits per heavy atom. The number of hydrogen-bond acceptors (Lipinski definition) is 2. The van der Waals surface area contributed by atoms with Crippen molar-refractivity contribution in [1.29, 1.82) is 0 Å². The number of hydrogen-bond donors (Lipinski definition) is 2. The van der Waals surface area contributed by atoms with E-state index in [0.717, 1.165) is 37.8 Å². The third-order valence-electron chi connectivity index (χ3n) is 3.65. The molecule has 1 amide bonds. The van der Waals surface area contributed by atoms with Crippen molar-refractivity contribution in [1.82, 2.24) is 5.32 Å². The number of anilines is 1. The van der Waals surface area contributed by atoms with Crippen molar-refractivity contribution in [3.8, 4) is 0 Å². The van der Waals surface area contributed by atoms with Crippen LogP contribution in [0.4, 0.5) is 14.5 Å². The van der Waals surface area contributed by atoms with Crippen molar-refractivity contribution in [2.75, 3.05) is 11.9 Å². The first kappa shape index (κ1) is 16.2. The van der Waals surface area contributed by atoms with Crippen LogP contribution in [0.15, 0.2) is 16.6 Å². The molecule has 2 rings (SSSR count). The number of benzene rings is 1. The molecular weight excluding hydrogens is 342 g/mol. The Morgan fingerprint density at radius 1 is 1.19 bits per heavy atom. The molecule has 0 saturated heterocycles. The average Bonchev–Trinajstić information content (AvgIpc) is 2.66. The Morgan fingerprint density at radius 2 is 1.86 bits per heavy atom. The Kier molecular flexibility index (Phi) is 5.96. The number of halogens is 3. The van der Waals surface area contributed by atoms with E-state index in [2.05, 4.69) is 26.6 Å². The van der Waals surface area contributed by atoms with Crippen LogP contribution in [0.1, 0.15) is 38.5 Å². The van der Waals surface area contributed by atoms with E-state index in [1.165, 1.54) is 12.8 Å². The fourth-order valence-electron chi connectivity index (χ4n) is 2.58. The smallest absolute Gasteiger partial charge is 0.239 e. The lowest BCUT2D eigenvalue weighted by atomic mass is 10.1. The van der Waals surface area contributed by atoms with E-state index in [1.54, 1.807) is 0 Å². The van der Waals surface area contributed by atoms with Crippen LogP contribution in [-0.2, 0) is 4.79 Å². The lowest BCUT2D eigenvalue weighted by molar-refractivity contribution is -0.120. The van der Waals surface area contributed by atoms with Gasteiger partial charge in [0.2, 0.25) is 5.91 Å². The van der Waals surface area contributed by atoms with Gasteiger partial charge in [0, 0.05) is 16.6 Å². The summed E-state index contributed by atoms with van der Waals surface area (Å²) in [7, 11) is 0. The van der Waals surface area contributed by atoms with Gasteiger partial charge in [0.1, 0.15) is 11.6 Å². The number of amides is 1. The SMILES string of the molecule is O=C(CNc1c(F)cc(F)cc1Br)NC1CCCCCC1. The minimum atomic E-state index is -0.718. The molecule has 0 aliphatic heterocycles. The number of carbonyl (C=O) groups excluding carboxylic acids is 1. The molecule has 0 bridgehead atoms. The molecule has 1 aliphatic rings. The zero-order valence-electron chi connectivity index (χ0n) is 11.7. The first-order valence-corrected chi connectivity index (χ1v) is 8.03. The van der Waals surface area contributed by atoms with Gasteiger partial charge in [0.05, 0.1) is 12.2 Å². The summed E-state index contributed by atoms with van der Waals surface area (Å²) < 4.78 is 26.9. The molecular formula is C15H19BrF2N2O. The molecule has 1 saturated carbocycles. The van der Waals surface area contributed by atoms with E-state index in [1.807, 2.05) is 0 Å². The fourth-order valence-corrected chi connectivity index (χ4v) is 3.13. The minimum absolute atomic E-state index is 0.0301. The molecule has 1 fully saturated rings. The number of carbonyl (C=O) groups is 1. The maximum atomic E-state index is 13.6. The first-order valence-electron chi connectivity index (χ1n) is 7.24. The molecule has 0 radical (unpaired) electrons. The summed E-state index contributed by atoms with van der Waals surface area (Å²) in [6, 6.07) is 2.16. The summed E-state index contributed by atoms with van der Waals surface area (Å²) in [5, 5.41) is 5.68. The number of rotatable bonds is 4. The predicted octanol–water partition coefficient (Wildman–Crippen LogP) is 3.98. The van der Waals surface area contributed by atoms with E-state index in [9.17, 15) is 13.6 Å². The van der Waals surface area contributed by atoms with E-state index < -0.39 is 11.6 Å². The summed E-state index contributed by atoms with van der Waals surface area (Å²) in [5.74, 6) is -1.55. The molecule has 1 aliphatic carbocycles. The van der Waals surface area contributed by atoms with Gasteiger partial charge >= 0.3 is 0 Å². The van der Waals surface area contributed by atoms with Gasteiger partial charge in [0.15, 0.2) is 0 Å². The maximum Gasteiger partial charge on any atom is 0.239 e. The van der Waals surface area contributed by atoms with Gasteiger partial charge in [-0.1, -0.05) is 25.7 Å². The molecule has 0 heterocycles. The summed E-state index contributed by atoms with van der Waals surface area (Å²) >= 11 is 3.08. The Bertz CT molecular complexity index is 479. The molecule has 1 aromatic carbocycles. The van der Waals surface area contributed by atoms with Crippen LogP contribution in [0, 0.1) is 11.6 Å². The number of nitrogens with one attached hydrogen (secondary N) is 2. The zero-order valence-corrected chi connectivity index (χ0v) is 13.3. The van der Waals surface area contributed by atoms with Crippen molar-refractivity contribution in [3.05, 3.63) is 28.2 Å². The van der Waals surface area contributed by atoms with Crippen LogP contribution in [0.2, 0.25) is 0 Å². The standard InChI is InChI=1S/C15H19BrF2N2O/c16-12-7-10(17)8-13(18)15(12)19-9-14(21)20-11-5-3-1-2-4-6-11/h7-8,11,19H,1-6,9H2,(H,20,21). The van der Waals surface area contributed by atoms with Crippen LogP contribution in [0.5, 0.6) is 0 Å². The average molecular weight is 361 g/mol. The fraction of sp³-hybridized carbons (Fsp3) is 0.533. The molecule has 21 heavy (non-hydrogen) atoms. The van der Waals surface area contributed by atoms with Gasteiger partial charge in [-0.3, -0.25) is 4.79 Å². The van der Waals surface area contributed by atoms with Crippen LogP contribution in [0.25, 0.3) is 0 Å². The lowest BCUT2D eigenvalue weighted by Gasteiger charge is -2.17. The molecule has 1 aromatic rings. The van der Waals surface area contributed by atoms with Crippen molar-refractivity contribution in [2.45, 2.75) is 44.6 Å². The molecule has 0 atom stereocenters. The Balaban J connectivity index is 1.86. The van der Waals surface area contributed by atoms with E-state index in [4.69, 9.17) is 0 Å². The highest BCUT2D eigenvalue weighted by atomic mass is 79.9. The Labute approximate surface area is 131 Å². The second kappa shape index (κ2) is 7.73. The maximum absolute atomic E-state index is 13.6. The molecule has 0 spiro atoms. The topological polar surface area (TPSA) is 41.1 Å². The van der Waals surface area contributed by atoms with Crippen molar-refractivity contribution in [3.63, 3.8) is 0 Å². The van der Waals surface area contributed by atoms with Crippen LogP contribution >= 0.6 is 15.9 Å². The molecule has 0 aromatic heterocycles. The molecule has 2 N–H and O–H groups in total. The highest BCUT2D eigenvalue weighted by molar-refractivity contribution is 9.10. The molecule has 116 valence electrons. The normalized spacial score (nSPS) is 16.3. The predicted molar refractivity (Wildman–Crippen MR) is 82.2 cm³/mol. The lowest BCUT2D eigenvalue weighted by Crippen LogP contribution is -2.38. The van der Waals surface area contributed by atoms with Crippen molar-refractivity contribution < 1.29 is 13.6 Å². The monoisotopic (exact) mass is 360 g/mol. The summed E-state index contributed by atoms with van der Waals surface area (Å²) in [6.45, 7) is -0.0301. The summed E-state index contributed by atoms with van der Waals surface area (Å²) in [5.41, 5.74) is 0.104. The quantitative estimate of drug-likeness (QED) is 0.797.